The molecule has 4 heteroatoms. The fraction of sp³-hybridized carbons (Fsp3) is 0.500. The number of hydrogen-bond donors (Lipinski definition) is 1. The monoisotopic (exact) mass is 452 g/mol. The third kappa shape index (κ3) is 5.82. The van der Waals surface area contributed by atoms with E-state index in [1.54, 1.807) is 0 Å². The Labute approximate surface area is 198 Å². The zero-order valence-corrected chi connectivity index (χ0v) is 20.3. The SMILES string of the molecule is Cc1ccc(CC2(O)/C(=C\c3ccc(Cl)cc3)CCCCC2CN2CCN(C)CC2)cc1. The van der Waals surface area contributed by atoms with Crippen LogP contribution in [0, 0.1) is 12.8 Å². The number of benzene rings is 2. The number of likely N-dealkylation sites (N-methyl/N-ethyl adjacent to an activating group) is 1. The summed E-state index contributed by atoms with van der Waals surface area (Å²) in [5, 5.41) is 13.2. The Kier molecular flexibility index (Phi) is 7.73. The van der Waals surface area contributed by atoms with Crippen molar-refractivity contribution in [1.82, 2.24) is 9.80 Å². The molecule has 1 heterocycles. The number of aliphatic hydroxyl groups is 1. The van der Waals surface area contributed by atoms with Crippen molar-refractivity contribution in [3.8, 4) is 0 Å². The maximum atomic E-state index is 12.5. The largest absolute Gasteiger partial charge is 0.385 e. The highest BCUT2D eigenvalue weighted by molar-refractivity contribution is 6.30. The van der Waals surface area contributed by atoms with Crippen molar-refractivity contribution in [3.05, 3.63) is 75.8 Å². The third-order valence-corrected chi connectivity index (χ3v) is 7.61. The van der Waals surface area contributed by atoms with Gasteiger partial charge in [0, 0.05) is 50.1 Å². The fourth-order valence-corrected chi connectivity index (χ4v) is 5.37. The highest BCUT2D eigenvalue weighted by Gasteiger charge is 2.42. The van der Waals surface area contributed by atoms with Gasteiger partial charge in [0.25, 0.3) is 0 Å². The van der Waals surface area contributed by atoms with Gasteiger partial charge in [-0.1, -0.05) is 66.1 Å². The summed E-state index contributed by atoms with van der Waals surface area (Å²) in [5.41, 5.74) is 3.93. The van der Waals surface area contributed by atoms with Gasteiger partial charge in [-0.15, -0.1) is 0 Å². The molecular weight excluding hydrogens is 416 g/mol. The van der Waals surface area contributed by atoms with Crippen LogP contribution in [0.25, 0.3) is 6.08 Å². The lowest BCUT2D eigenvalue weighted by atomic mass is 9.74. The maximum Gasteiger partial charge on any atom is 0.0940 e. The smallest absolute Gasteiger partial charge is 0.0940 e. The summed E-state index contributed by atoms with van der Waals surface area (Å²) in [7, 11) is 2.20. The molecule has 2 aromatic carbocycles. The quantitative estimate of drug-likeness (QED) is 0.611. The van der Waals surface area contributed by atoms with Gasteiger partial charge in [0.1, 0.15) is 0 Å². The zero-order chi connectivity index (χ0) is 22.6. The molecule has 1 N–H and O–H groups in total. The Morgan fingerprint density at radius 2 is 1.69 bits per heavy atom. The second kappa shape index (κ2) is 10.5. The number of aryl methyl sites for hydroxylation is 1. The van der Waals surface area contributed by atoms with Gasteiger partial charge in [-0.3, -0.25) is 0 Å². The Hall–Kier alpha value is -1.65. The minimum absolute atomic E-state index is 0.230. The molecule has 1 saturated carbocycles. The topological polar surface area (TPSA) is 26.7 Å². The number of nitrogens with zero attached hydrogens (tertiary/aromatic N) is 2. The summed E-state index contributed by atoms with van der Waals surface area (Å²) in [5.74, 6) is 0.230. The van der Waals surface area contributed by atoms with E-state index in [2.05, 4.69) is 66.2 Å². The lowest BCUT2D eigenvalue weighted by Crippen LogP contribution is -2.51. The summed E-state index contributed by atoms with van der Waals surface area (Å²) >= 11 is 6.12. The van der Waals surface area contributed by atoms with Crippen molar-refractivity contribution in [2.24, 2.45) is 5.92 Å². The molecule has 0 amide bonds. The lowest BCUT2D eigenvalue weighted by molar-refractivity contribution is -0.00643. The van der Waals surface area contributed by atoms with E-state index in [0.717, 1.165) is 62.6 Å². The minimum atomic E-state index is -0.839. The normalized spacial score (nSPS) is 26.9. The van der Waals surface area contributed by atoms with Gasteiger partial charge in [0.15, 0.2) is 0 Å². The van der Waals surface area contributed by atoms with Crippen molar-refractivity contribution < 1.29 is 5.11 Å². The van der Waals surface area contributed by atoms with Gasteiger partial charge in [-0.25, -0.2) is 0 Å². The lowest BCUT2D eigenvalue weighted by Gasteiger charge is -2.42. The number of hydrogen-bond acceptors (Lipinski definition) is 3. The zero-order valence-electron chi connectivity index (χ0n) is 19.6. The third-order valence-electron chi connectivity index (χ3n) is 7.36. The van der Waals surface area contributed by atoms with Crippen LogP contribution in [0.5, 0.6) is 0 Å². The molecule has 2 aliphatic rings. The van der Waals surface area contributed by atoms with Crippen LogP contribution in [0.4, 0.5) is 0 Å². The molecule has 1 saturated heterocycles. The molecule has 0 radical (unpaired) electrons. The summed E-state index contributed by atoms with van der Waals surface area (Å²) in [4.78, 5) is 4.96. The maximum absolute atomic E-state index is 12.5. The molecule has 0 aromatic heterocycles. The highest BCUT2D eigenvalue weighted by Crippen LogP contribution is 2.41. The Bertz CT molecular complexity index is 900. The summed E-state index contributed by atoms with van der Waals surface area (Å²) in [6.45, 7) is 7.47. The van der Waals surface area contributed by atoms with E-state index < -0.39 is 5.60 Å². The van der Waals surface area contributed by atoms with E-state index in [9.17, 15) is 5.11 Å². The Balaban J connectivity index is 1.67. The number of halogens is 1. The predicted molar refractivity (Wildman–Crippen MR) is 135 cm³/mol. The van der Waals surface area contributed by atoms with Crippen molar-refractivity contribution in [3.63, 3.8) is 0 Å². The van der Waals surface area contributed by atoms with E-state index in [1.165, 1.54) is 23.1 Å². The van der Waals surface area contributed by atoms with Crippen molar-refractivity contribution in [2.45, 2.75) is 44.6 Å². The molecule has 172 valence electrons. The van der Waals surface area contributed by atoms with Crippen LogP contribution < -0.4 is 0 Å². The van der Waals surface area contributed by atoms with Crippen LogP contribution >= 0.6 is 11.6 Å². The first kappa shape index (κ1) is 23.5. The molecule has 4 rings (SSSR count). The van der Waals surface area contributed by atoms with E-state index in [0.29, 0.717) is 6.42 Å². The first-order valence-corrected chi connectivity index (χ1v) is 12.5. The van der Waals surface area contributed by atoms with Crippen LogP contribution in [0.2, 0.25) is 5.02 Å². The molecule has 2 aromatic rings. The molecule has 3 nitrogen and oxygen atoms in total. The van der Waals surface area contributed by atoms with Crippen LogP contribution in [0.1, 0.15) is 42.4 Å². The molecule has 1 aliphatic heterocycles. The van der Waals surface area contributed by atoms with E-state index in [-0.39, 0.29) is 5.92 Å². The summed E-state index contributed by atoms with van der Waals surface area (Å²) < 4.78 is 0. The van der Waals surface area contributed by atoms with Crippen LogP contribution in [-0.4, -0.2) is 60.3 Å². The van der Waals surface area contributed by atoms with Gasteiger partial charge in [0.05, 0.1) is 5.60 Å². The Morgan fingerprint density at radius 3 is 2.38 bits per heavy atom. The van der Waals surface area contributed by atoms with E-state index in [1.807, 2.05) is 12.1 Å². The van der Waals surface area contributed by atoms with E-state index in [4.69, 9.17) is 11.6 Å². The van der Waals surface area contributed by atoms with Crippen molar-refractivity contribution in [1.29, 1.82) is 0 Å². The van der Waals surface area contributed by atoms with Crippen molar-refractivity contribution >= 4 is 17.7 Å². The number of piperazine rings is 1. The second-order valence-corrected chi connectivity index (χ2v) is 10.3. The molecule has 32 heavy (non-hydrogen) atoms. The summed E-state index contributed by atoms with van der Waals surface area (Å²) in [6.07, 6.45) is 7.23. The molecule has 0 spiro atoms. The molecular formula is C28H37ClN2O. The van der Waals surface area contributed by atoms with Gasteiger partial charge >= 0.3 is 0 Å². The molecule has 1 aliphatic carbocycles. The van der Waals surface area contributed by atoms with Crippen LogP contribution in [0.3, 0.4) is 0 Å². The van der Waals surface area contributed by atoms with Gasteiger partial charge < -0.3 is 14.9 Å². The second-order valence-electron chi connectivity index (χ2n) is 9.85. The fourth-order valence-electron chi connectivity index (χ4n) is 5.24. The first-order valence-electron chi connectivity index (χ1n) is 12.1. The standard InChI is InChI=1S/C28H37ClN2O/c1-22-7-9-24(10-8-22)20-28(32)25(19-23-11-13-27(29)14-12-23)5-3-4-6-26(28)21-31-17-15-30(2)16-18-31/h7-14,19,26,32H,3-6,15-18,20-21H2,1-2H3/b25-19-. The minimum Gasteiger partial charge on any atom is -0.385 e. The molecule has 0 bridgehead atoms. The predicted octanol–water partition coefficient (Wildman–Crippen LogP) is 5.44. The first-order chi connectivity index (χ1) is 15.4. The average Bonchev–Trinajstić information content (AvgIpc) is 2.92. The Morgan fingerprint density at radius 1 is 1.00 bits per heavy atom. The molecule has 2 fully saturated rings. The van der Waals surface area contributed by atoms with Crippen molar-refractivity contribution in [2.75, 3.05) is 39.8 Å². The summed E-state index contributed by atoms with van der Waals surface area (Å²) in [6, 6.07) is 16.7. The highest BCUT2D eigenvalue weighted by atomic mass is 35.5. The van der Waals surface area contributed by atoms with Crippen LogP contribution in [0.15, 0.2) is 54.1 Å². The van der Waals surface area contributed by atoms with Gasteiger partial charge in [-0.05, 0) is 62.1 Å². The van der Waals surface area contributed by atoms with Gasteiger partial charge in [-0.2, -0.15) is 0 Å². The number of rotatable bonds is 5. The van der Waals surface area contributed by atoms with Crippen LogP contribution in [-0.2, 0) is 6.42 Å². The average molecular weight is 453 g/mol. The molecule has 2 unspecified atom stereocenters. The molecule has 2 atom stereocenters. The van der Waals surface area contributed by atoms with Gasteiger partial charge in [0.2, 0.25) is 0 Å². The van der Waals surface area contributed by atoms with E-state index >= 15 is 0 Å².